The summed E-state index contributed by atoms with van der Waals surface area (Å²) in [4.78, 5) is 17.7. The van der Waals surface area contributed by atoms with E-state index in [1.807, 2.05) is 19.1 Å². The van der Waals surface area contributed by atoms with Crippen LogP contribution in [0.4, 0.5) is 23.1 Å². The number of rotatable bonds is 7. The van der Waals surface area contributed by atoms with Crippen LogP contribution in [-0.4, -0.2) is 45.5 Å². The first-order valence-corrected chi connectivity index (χ1v) is 13.9. The molecule has 0 atom stereocenters. The Bertz CT molecular complexity index is 1430. The van der Waals surface area contributed by atoms with Crippen LogP contribution in [0.15, 0.2) is 47.3 Å². The van der Waals surface area contributed by atoms with Crippen molar-refractivity contribution in [3.63, 3.8) is 0 Å². The largest absolute Gasteiger partial charge is 0.508 e. The summed E-state index contributed by atoms with van der Waals surface area (Å²) < 4.78 is 19.2. The van der Waals surface area contributed by atoms with Crippen molar-refractivity contribution >= 4 is 62.6 Å². The van der Waals surface area contributed by atoms with Crippen LogP contribution in [0.5, 0.6) is 11.5 Å². The molecule has 2 aromatic carbocycles. The van der Waals surface area contributed by atoms with Crippen molar-refractivity contribution in [2.24, 2.45) is 0 Å². The summed E-state index contributed by atoms with van der Waals surface area (Å²) in [5, 5.41) is 17.2. The van der Waals surface area contributed by atoms with Gasteiger partial charge in [0.25, 0.3) is 0 Å². The van der Waals surface area contributed by atoms with Gasteiger partial charge in [-0.25, -0.2) is 4.98 Å². The first-order chi connectivity index (χ1) is 16.2. The van der Waals surface area contributed by atoms with Crippen LogP contribution in [0.1, 0.15) is 12.5 Å². The molecule has 4 aromatic rings. The first-order valence-electron chi connectivity index (χ1n) is 10.5. The van der Waals surface area contributed by atoms with E-state index in [-0.39, 0.29) is 5.75 Å². The molecule has 34 heavy (non-hydrogen) atoms. The van der Waals surface area contributed by atoms with E-state index < -0.39 is 7.14 Å². The molecule has 0 aliphatic carbocycles. The van der Waals surface area contributed by atoms with Gasteiger partial charge in [0.2, 0.25) is 5.95 Å². The lowest BCUT2D eigenvalue weighted by Gasteiger charge is -2.18. The number of aromatic nitrogens is 4. The van der Waals surface area contributed by atoms with Gasteiger partial charge in [-0.15, -0.1) is 0 Å². The Hall–Kier alpha value is -3.23. The van der Waals surface area contributed by atoms with Gasteiger partial charge in [0.15, 0.2) is 0 Å². The Balaban J connectivity index is 1.74. The van der Waals surface area contributed by atoms with Gasteiger partial charge >= 0.3 is 0 Å². The van der Waals surface area contributed by atoms with Crippen molar-refractivity contribution in [3.05, 3.63) is 52.9 Å². The zero-order valence-corrected chi connectivity index (χ0v) is 21.6. The van der Waals surface area contributed by atoms with Crippen LogP contribution in [0, 0.1) is 0 Å². The van der Waals surface area contributed by atoms with E-state index >= 15 is 0 Å². The second-order valence-corrected chi connectivity index (χ2v) is 11.9. The van der Waals surface area contributed by atoms with Gasteiger partial charge in [0.05, 0.1) is 33.8 Å². The number of halogens is 1. The minimum atomic E-state index is -2.72. The Morgan fingerprint density at radius 3 is 2.56 bits per heavy atom. The highest BCUT2D eigenvalue weighted by molar-refractivity contribution is 9.10. The average Bonchev–Trinajstić information content (AvgIpc) is 2.81. The Labute approximate surface area is 205 Å². The molecule has 0 saturated heterocycles. The number of methoxy groups -OCH3 is 1. The number of fused-ring (bicyclic) bond motifs is 1. The second-order valence-electron chi connectivity index (χ2n) is 7.91. The summed E-state index contributed by atoms with van der Waals surface area (Å²) in [5.74, 6) is 1.42. The summed E-state index contributed by atoms with van der Waals surface area (Å²) in [5.41, 5.74) is 3.27. The molecule has 0 fully saturated rings. The quantitative estimate of drug-likeness (QED) is 0.213. The summed E-state index contributed by atoms with van der Waals surface area (Å²) in [6, 6.07) is 7.01. The van der Waals surface area contributed by atoms with Crippen LogP contribution < -0.4 is 20.7 Å². The minimum absolute atomic E-state index is 0.166. The summed E-state index contributed by atoms with van der Waals surface area (Å²) in [6.07, 6.45) is 5.46. The number of nitrogens with one attached hydrogen (secondary N) is 2. The minimum Gasteiger partial charge on any atom is -0.508 e. The van der Waals surface area contributed by atoms with Crippen molar-refractivity contribution in [2.45, 2.75) is 13.3 Å². The zero-order chi connectivity index (χ0) is 24.5. The van der Waals surface area contributed by atoms with Crippen molar-refractivity contribution in [1.29, 1.82) is 0 Å². The van der Waals surface area contributed by atoms with Gasteiger partial charge in [-0.3, -0.25) is 9.97 Å². The molecule has 0 radical (unpaired) electrons. The van der Waals surface area contributed by atoms with Gasteiger partial charge < -0.3 is 25.0 Å². The first kappa shape index (κ1) is 23.9. The maximum atomic E-state index is 13.2. The molecule has 3 N–H and O–H groups in total. The number of phenolic OH excluding ortho intramolecular Hbond substituents is 1. The number of hydrogen-bond acceptors (Lipinski definition) is 9. The molecule has 0 aliphatic rings. The molecule has 9 nitrogen and oxygen atoms in total. The number of aryl methyl sites for hydroxylation is 1. The van der Waals surface area contributed by atoms with Gasteiger partial charge in [-0.2, -0.15) is 4.98 Å². The molecule has 2 heterocycles. The third-order valence-electron chi connectivity index (χ3n) is 5.18. The highest BCUT2D eigenvalue weighted by atomic mass is 79.9. The standard InChI is InChI=1S/C23H24BrN6O3P/c1-5-13-10-17(19(33-2)11-18(13)31)29-23-27-12-14(24)22(30-23)28-16-7-6-15-20(26-9-8-25-15)21(16)34(3,4)32/h6-12,31H,5H2,1-4H3,(H2,27,28,29,30). The molecule has 0 spiro atoms. The average molecular weight is 543 g/mol. The van der Waals surface area contributed by atoms with E-state index in [1.54, 1.807) is 44.1 Å². The zero-order valence-electron chi connectivity index (χ0n) is 19.1. The van der Waals surface area contributed by atoms with E-state index in [2.05, 4.69) is 46.5 Å². The molecule has 0 amide bonds. The second kappa shape index (κ2) is 9.56. The van der Waals surface area contributed by atoms with Crippen LogP contribution in [0.25, 0.3) is 11.0 Å². The SMILES string of the molecule is CCc1cc(Nc2ncc(Br)c(Nc3ccc4nccnc4c3P(C)(C)=O)n2)c(OC)cc1O. The molecular formula is C23H24BrN6O3P. The molecule has 2 aromatic heterocycles. The lowest BCUT2D eigenvalue weighted by molar-refractivity contribution is 0.408. The van der Waals surface area contributed by atoms with Crippen LogP contribution in [0.2, 0.25) is 0 Å². The lowest BCUT2D eigenvalue weighted by atomic mass is 10.1. The predicted molar refractivity (Wildman–Crippen MR) is 139 cm³/mol. The lowest BCUT2D eigenvalue weighted by Crippen LogP contribution is -2.14. The van der Waals surface area contributed by atoms with E-state index in [9.17, 15) is 9.67 Å². The summed E-state index contributed by atoms with van der Waals surface area (Å²) in [6.45, 7) is 5.35. The molecular weight excluding hydrogens is 519 g/mol. The predicted octanol–water partition coefficient (Wildman–Crippen LogP) is 5.19. The van der Waals surface area contributed by atoms with Crippen LogP contribution in [-0.2, 0) is 11.0 Å². The Morgan fingerprint density at radius 2 is 1.85 bits per heavy atom. The van der Waals surface area contributed by atoms with E-state index in [0.717, 1.165) is 5.56 Å². The number of benzene rings is 2. The van der Waals surface area contributed by atoms with Crippen LogP contribution >= 0.6 is 23.1 Å². The fourth-order valence-electron chi connectivity index (χ4n) is 3.59. The van der Waals surface area contributed by atoms with Gasteiger partial charge in [-0.1, -0.05) is 6.92 Å². The molecule has 4 rings (SSSR count). The maximum absolute atomic E-state index is 13.2. The van der Waals surface area contributed by atoms with E-state index in [0.29, 0.717) is 56.1 Å². The smallest absolute Gasteiger partial charge is 0.229 e. The number of hydrogen-bond donors (Lipinski definition) is 3. The van der Waals surface area contributed by atoms with Crippen molar-refractivity contribution in [3.8, 4) is 11.5 Å². The number of phenols is 1. The molecule has 11 heteroatoms. The molecule has 0 bridgehead atoms. The Kier molecular flexibility index (Phi) is 6.72. The third kappa shape index (κ3) is 4.83. The number of anilines is 4. The molecule has 0 unspecified atom stereocenters. The van der Waals surface area contributed by atoms with Gasteiger partial charge in [0, 0.05) is 24.7 Å². The number of nitrogens with zero attached hydrogens (tertiary/aromatic N) is 4. The van der Waals surface area contributed by atoms with Crippen molar-refractivity contribution < 1.29 is 14.4 Å². The van der Waals surface area contributed by atoms with Crippen LogP contribution in [0.3, 0.4) is 0 Å². The topological polar surface area (TPSA) is 122 Å². The summed E-state index contributed by atoms with van der Waals surface area (Å²) in [7, 11) is -1.20. The Morgan fingerprint density at radius 1 is 1.09 bits per heavy atom. The van der Waals surface area contributed by atoms with E-state index in [4.69, 9.17) is 4.74 Å². The van der Waals surface area contributed by atoms with Gasteiger partial charge in [0.1, 0.15) is 30.0 Å². The van der Waals surface area contributed by atoms with Crippen molar-refractivity contribution in [2.75, 3.05) is 31.1 Å². The molecule has 0 saturated carbocycles. The fraction of sp³-hybridized carbons (Fsp3) is 0.217. The van der Waals surface area contributed by atoms with E-state index in [1.165, 1.54) is 7.11 Å². The maximum Gasteiger partial charge on any atom is 0.229 e. The molecule has 0 aliphatic heterocycles. The fourth-order valence-corrected chi connectivity index (χ4v) is 5.28. The summed E-state index contributed by atoms with van der Waals surface area (Å²) >= 11 is 3.49. The van der Waals surface area contributed by atoms with Gasteiger partial charge in [-0.05, 0) is 59.4 Å². The third-order valence-corrected chi connectivity index (χ3v) is 7.29. The highest BCUT2D eigenvalue weighted by Crippen LogP contribution is 2.41. The molecule has 176 valence electrons. The normalized spacial score (nSPS) is 11.4. The number of ether oxygens (including phenoxy) is 1. The monoisotopic (exact) mass is 542 g/mol. The highest BCUT2D eigenvalue weighted by Gasteiger charge is 2.22. The number of aromatic hydroxyl groups is 1. The van der Waals surface area contributed by atoms with Crippen molar-refractivity contribution in [1.82, 2.24) is 19.9 Å².